The maximum absolute atomic E-state index is 12.2. The Kier molecular flexibility index (Phi) is 3.16. The number of fused-ring (bicyclic) bond motifs is 1. The van der Waals surface area contributed by atoms with Gasteiger partial charge in [0.15, 0.2) is 0 Å². The fourth-order valence-corrected chi connectivity index (χ4v) is 3.20. The molecule has 6 nitrogen and oxygen atoms in total. The van der Waals surface area contributed by atoms with Gasteiger partial charge in [-0.2, -0.15) is 4.98 Å². The third-order valence-corrected chi connectivity index (χ3v) is 4.59. The molecular formula is C14H15N3O3S. The zero-order valence-electron chi connectivity index (χ0n) is 11.6. The molecular weight excluding hydrogens is 290 g/mol. The minimum Gasteiger partial charge on any atom is -0.285 e. The van der Waals surface area contributed by atoms with Crippen LogP contribution < -0.4 is 5.56 Å². The van der Waals surface area contributed by atoms with Crippen molar-refractivity contribution in [2.45, 2.75) is 30.5 Å². The van der Waals surface area contributed by atoms with Gasteiger partial charge in [-0.15, -0.1) is 0 Å². The highest BCUT2D eigenvalue weighted by atomic mass is 32.2. The van der Waals surface area contributed by atoms with Gasteiger partial charge >= 0.3 is 0 Å². The van der Waals surface area contributed by atoms with Crippen LogP contribution >= 0.6 is 0 Å². The molecule has 1 atom stereocenters. The molecule has 0 saturated heterocycles. The van der Waals surface area contributed by atoms with Gasteiger partial charge in [0.25, 0.3) is 5.56 Å². The van der Waals surface area contributed by atoms with Crippen LogP contribution in [0.2, 0.25) is 0 Å². The number of pyridine rings is 1. The van der Waals surface area contributed by atoms with E-state index in [4.69, 9.17) is 0 Å². The molecule has 0 spiro atoms. The molecule has 0 bridgehead atoms. The van der Waals surface area contributed by atoms with Crippen molar-refractivity contribution in [3.8, 4) is 0 Å². The summed E-state index contributed by atoms with van der Waals surface area (Å²) >= 11 is 0. The first-order chi connectivity index (χ1) is 9.88. The van der Waals surface area contributed by atoms with E-state index in [9.17, 15) is 13.2 Å². The van der Waals surface area contributed by atoms with Gasteiger partial charge in [0, 0.05) is 23.9 Å². The largest absolute Gasteiger partial charge is 0.285 e. The van der Waals surface area contributed by atoms with E-state index in [0.29, 0.717) is 11.0 Å². The zero-order valence-corrected chi connectivity index (χ0v) is 12.4. The first kappa shape index (κ1) is 13.9. The Morgan fingerprint density at radius 2 is 2.14 bits per heavy atom. The molecule has 2 aromatic heterocycles. The first-order valence-electron chi connectivity index (χ1n) is 6.64. The monoisotopic (exact) mass is 305 g/mol. The average molecular weight is 305 g/mol. The van der Waals surface area contributed by atoms with Crippen molar-refractivity contribution in [2.24, 2.45) is 0 Å². The van der Waals surface area contributed by atoms with E-state index in [2.05, 4.69) is 16.5 Å². The van der Waals surface area contributed by atoms with Gasteiger partial charge in [-0.25, -0.2) is 13.4 Å². The van der Waals surface area contributed by atoms with Crippen molar-refractivity contribution in [2.75, 3.05) is 6.26 Å². The van der Waals surface area contributed by atoms with Gasteiger partial charge in [0.2, 0.25) is 15.0 Å². The molecule has 3 rings (SSSR count). The molecule has 21 heavy (non-hydrogen) atoms. The van der Waals surface area contributed by atoms with Gasteiger partial charge in [-0.1, -0.05) is 12.2 Å². The Bertz CT molecular complexity index is 899. The summed E-state index contributed by atoms with van der Waals surface area (Å²) in [6.07, 6.45) is 5.14. The average Bonchev–Trinajstić information content (AvgIpc) is 2.83. The minimum atomic E-state index is -3.52. The molecule has 7 heteroatoms. The SMILES string of the molecule is C=C1CCC[C@H]1n1c(=O)ccc2cnc(S(C)(=O)=O)nc21. The Hall–Kier alpha value is -2.02. The quantitative estimate of drug-likeness (QED) is 0.620. The zero-order chi connectivity index (χ0) is 15.2. The second-order valence-electron chi connectivity index (χ2n) is 5.31. The molecule has 0 amide bonds. The van der Waals surface area contributed by atoms with Crippen molar-refractivity contribution in [3.63, 3.8) is 0 Å². The molecule has 1 aliphatic carbocycles. The van der Waals surface area contributed by atoms with Crippen molar-refractivity contribution in [3.05, 3.63) is 40.8 Å². The second kappa shape index (κ2) is 4.77. The first-order valence-corrected chi connectivity index (χ1v) is 8.53. The molecule has 0 radical (unpaired) electrons. The molecule has 2 heterocycles. The summed E-state index contributed by atoms with van der Waals surface area (Å²) in [5.41, 5.74) is 1.13. The Morgan fingerprint density at radius 3 is 2.76 bits per heavy atom. The molecule has 0 unspecified atom stereocenters. The van der Waals surface area contributed by atoms with E-state index in [-0.39, 0.29) is 16.8 Å². The van der Waals surface area contributed by atoms with E-state index in [1.54, 1.807) is 10.6 Å². The number of allylic oxidation sites excluding steroid dienone is 1. The summed E-state index contributed by atoms with van der Waals surface area (Å²) in [7, 11) is -3.52. The third kappa shape index (κ3) is 2.37. The summed E-state index contributed by atoms with van der Waals surface area (Å²) in [5.74, 6) is 0. The lowest BCUT2D eigenvalue weighted by molar-refractivity contribution is 0.574. The molecule has 0 N–H and O–H groups in total. The van der Waals surface area contributed by atoms with Crippen LogP contribution in [0.5, 0.6) is 0 Å². The van der Waals surface area contributed by atoms with Gasteiger partial charge in [0.1, 0.15) is 5.65 Å². The number of nitrogens with zero attached hydrogens (tertiary/aromatic N) is 3. The maximum Gasteiger partial charge on any atom is 0.252 e. The predicted octanol–water partition coefficient (Wildman–Crippen LogP) is 1.48. The fraction of sp³-hybridized carbons (Fsp3) is 0.357. The Labute approximate surface area is 122 Å². The smallest absolute Gasteiger partial charge is 0.252 e. The lowest BCUT2D eigenvalue weighted by atomic mass is 10.1. The number of rotatable bonds is 2. The van der Waals surface area contributed by atoms with Crippen molar-refractivity contribution in [1.29, 1.82) is 0 Å². The molecule has 110 valence electrons. The van der Waals surface area contributed by atoms with Gasteiger partial charge < -0.3 is 0 Å². The summed E-state index contributed by atoms with van der Waals surface area (Å²) in [6, 6.07) is 2.94. The van der Waals surface area contributed by atoms with Crippen molar-refractivity contribution < 1.29 is 8.42 Å². The van der Waals surface area contributed by atoms with Crippen molar-refractivity contribution >= 4 is 20.9 Å². The highest BCUT2D eigenvalue weighted by Crippen LogP contribution is 2.34. The summed E-state index contributed by atoms with van der Waals surface area (Å²) < 4.78 is 24.8. The second-order valence-corrected chi connectivity index (χ2v) is 7.22. The fourth-order valence-electron chi connectivity index (χ4n) is 2.71. The van der Waals surface area contributed by atoms with Crippen LogP contribution in [0.1, 0.15) is 25.3 Å². The lowest BCUT2D eigenvalue weighted by Gasteiger charge is -2.17. The van der Waals surface area contributed by atoms with E-state index in [0.717, 1.165) is 31.1 Å². The molecule has 1 aliphatic rings. The third-order valence-electron chi connectivity index (χ3n) is 3.73. The van der Waals surface area contributed by atoms with Crippen LogP contribution in [0.25, 0.3) is 11.0 Å². The van der Waals surface area contributed by atoms with Crippen LogP contribution in [-0.4, -0.2) is 29.2 Å². The summed E-state index contributed by atoms with van der Waals surface area (Å²) in [4.78, 5) is 20.2. The lowest BCUT2D eigenvalue weighted by Crippen LogP contribution is -2.25. The molecule has 0 aromatic carbocycles. The number of hydrogen-bond acceptors (Lipinski definition) is 5. The molecule has 1 saturated carbocycles. The number of hydrogen-bond donors (Lipinski definition) is 0. The topological polar surface area (TPSA) is 81.9 Å². The Balaban J connectivity index is 2.34. The molecule has 1 fully saturated rings. The number of aromatic nitrogens is 3. The highest BCUT2D eigenvalue weighted by Gasteiger charge is 2.24. The maximum atomic E-state index is 12.2. The van der Waals surface area contributed by atoms with Crippen LogP contribution in [0.15, 0.2) is 40.4 Å². The summed E-state index contributed by atoms with van der Waals surface area (Å²) in [5, 5.41) is 0.375. The molecule has 2 aromatic rings. The van der Waals surface area contributed by atoms with E-state index in [1.165, 1.54) is 12.3 Å². The minimum absolute atomic E-state index is 0.122. The highest BCUT2D eigenvalue weighted by molar-refractivity contribution is 7.90. The van der Waals surface area contributed by atoms with E-state index < -0.39 is 9.84 Å². The van der Waals surface area contributed by atoms with E-state index >= 15 is 0 Å². The summed E-state index contributed by atoms with van der Waals surface area (Å²) in [6.45, 7) is 4.01. The normalized spacial score (nSPS) is 19.3. The van der Waals surface area contributed by atoms with Crippen LogP contribution in [0.3, 0.4) is 0 Å². The number of sulfone groups is 1. The van der Waals surface area contributed by atoms with Crippen LogP contribution in [0, 0.1) is 0 Å². The van der Waals surface area contributed by atoms with Gasteiger partial charge in [0.05, 0.1) is 6.04 Å². The van der Waals surface area contributed by atoms with Crippen LogP contribution in [0.4, 0.5) is 0 Å². The standard InChI is InChI=1S/C14H15N3O3S/c1-9-4-3-5-11(9)17-12(18)7-6-10-8-15-14(16-13(10)17)21(2,19)20/h6-8,11H,1,3-5H2,2H3/t11-/m1/s1. The predicted molar refractivity (Wildman–Crippen MR) is 78.9 cm³/mol. The Morgan fingerprint density at radius 1 is 1.38 bits per heavy atom. The van der Waals surface area contributed by atoms with E-state index in [1.807, 2.05) is 0 Å². The van der Waals surface area contributed by atoms with Gasteiger partial charge in [-0.05, 0) is 25.3 Å². The van der Waals surface area contributed by atoms with Crippen molar-refractivity contribution in [1.82, 2.24) is 14.5 Å². The van der Waals surface area contributed by atoms with Gasteiger partial charge in [-0.3, -0.25) is 9.36 Å². The molecule has 0 aliphatic heterocycles. The van der Waals surface area contributed by atoms with Crippen LogP contribution in [-0.2, 0) is 9.84 Å².